The lowest BCUT2D eigenvalue weighted by Crippen LogP contribution is -2.43. The SMILES string of the molecule is C=C(CC(C)C1=CCCC=C1)NC(CN1CCCC1)C(C)c1ccc2c(c1)CCCC2. The quantitative estimate of drug-likeness (QED) is 0.490. The molecule has 0 saturated carbocycles. The van der Waals surface area contributed by atoms with Crippen LogP contribution < -0.4 is 5.32 Å². The zero-order valence-electron chi connectivity index (χ0n) is 19.8. The highest BCUT2D eigenvalue weighted by atomic mass is 15.2. The van der Waals surface area contributed by atoms with Crippen molar-refractivity contribution in [3.8, 4) is 0 Å². The van der Waals surface area contributed by atoms with E-state index in [-0.39, 0.29) is 0 Å². The Bertz CT molecular complexity index is 812. The largest absolute Gasteiger partial charge is 0.384 e. The summed E-state index contributed by atoms with van der Waals surface area (Å²) in [7, 11) is 0. The van der Waals surface area contributed by atoms with Gasteiger partial charge < -0.3 is 10.2 Å². The van der Waals surface area contributed by atoms with Crippen molar-refractivity contribution >= 4 is 0 Å². The van der Waals surface area contributed by atoms with Crippen LogP contribution in [0.4, 0.5) is 0 Å². The van der Waals surface area contributed by atoms with E-state index in [1.807, 2.05) is 0 Å². The summed E-state index contributed by atoms with van der Waals surface area (Å²) in [6, 6.07) is 7.74. The van der Waals surface area contributed by atoms with Gasteiger partial charge in [-0.1, -0.05) is 56.9 Å². The van der Waals surface area contributed by atoms with Crippen LogP contribution in [-0.2, 0) is 12.8 Å². The Morgan fingerprint density at radius 3 is 2.55 bits per heavy atom. The van der Waals surface area contributed by atoms with Crippen LogP contribution in [0.25, 0.3) is 0 Å². The lowest BCUT2D eigenvalue weighted by atomic mass is 9.85. The third-order valence-corrected chi connectivity index (χ3v) is 7.69. The second-order valence-electron chi connectivity index (χ2n) is 10.2. The smallest absolute Gasteiger partial charge is 0.0451 e. The average molecular weight is 419 g/mol. The van der Waals surface area contributed by atoms with Crippen LogP contribution in [0, 0.1) is 5.92 Å². The zero-order valence-corrected chi connectivity index (χ0v) is 19.8. The molecule has 1 aromatic rings. The number of benzene rings is 1. The van der Waals surface area contributed by atoms with Gasteiger partial charge in [0.15, 0.2) is 0 Å². The van der Waals surface area contributed by atoms with E-state index in [1.54, 1.807) is 11.1 Å². The van der Waals surface area contributed by atoms with E-state index in [0.717, 1.165) is 13.0 Å². The molecule has 1 saturated heterocycles. The van der Waals surface area contributed by atoms with Gasteiger partial charge in [0.2, 0.25) is 0 Å². The molecule has 4 rings (SSSR count). The summed E-state index contributed by atoms with van der Waals surface area (Å²) >= 11 is 0. The van der Waals surface area contributed by atoms with Gasteiger partial charge in [0.05, 0.1) is 0 Å². The molecular weight excluding hydrogens is 376 g/mol. The first-order valence-electron chi connectivity index (χ1n) is 12.7. The maximum atomic E-state index is 4.47. The standard InChI is InChI=1S/C29H42N2/c1-22(25-11-5-4-6-12-25)19-23(2)30-29(21-31-17-9-10-18-31)24(3)27-16-15-26-13-7-8-14-28(26)20-27/h5,11-12,15-16,20,22,24,29-30H,2,4,6-10,13-14,17-19,21H2,1,3H3. The summed E-state index contributed by atoms with van der Waals surface area (Å²) in [6.07, 6.45) is 18.3. The highest BCUT2D eigenvalue weighted by Crippen LogP contribution is 2.29. The van der Waals surface area contributed by atoms with E-state index >= 15 is 0 Å². The molecule has 2 heteroatoms. The van der Waals surface area contributed by atoms with Gasteiger partial charge in [-0.2, -0.15) is 0 Å². The van der Waals surface area contributed by atoms with Crippen molar-refractivity contribution in [3.05, 3.63) is 71.0 Å². The van der Waals surface area contributed by atoms with Gasteiger partial charge in [-0.3, -0.25) is 0 Å². The van der Waals surface area contributed by atoms with Crippen LogP contribution in [0.2, 0.25) is 0 Å². The molecular formula is C29H42N2. The highest BCUT2D eigenvalue weighted by molar-refractivity contribution is 5.36. The minimum atomic E-state index is 0.412. The van der Waals surface area contributed by atoms with Crippen LogP contribution in [0.5, 0.6) is 0 Å². The number of nitrogens with zero attached hydrogens (tertiary/aromatic N) is 1. The normalized spacial score (nSPS) is 21.8. The summed E-state index contributed by atoms with van der Waals surface area (Å²) < 4.78 is 0. The molecule has 168 valence electrons. The summed E-state index contributed by atoms with van der Waals surface area (Å²) in [5.41, 5.74) is 7.35. The summed E-state index contributed by atoms with van der Waals surface area (Å²) in [5, 5.41) is 3.90. The minimum Gasteiger partial charge on any atom is -0.384 e. The highest BCUT2D eigenvalue weighted by Gasteiger charge is 2.25. The number of fused-ring (bicyclic) bond motifs is 1. The van der Waals surface area contributed by atoms with Crippen LogP contribution >= 0.6 is 0 Å². The molecule has 2 aliphatic carbocycles. The number of likely N-dealkylation sites (tertiary alicyclic amines) is 1. The van der Waals surface area contributed by atoms with Gasteiger partial charge in [-0.15, -0.1) is 0 Å². The molecule has 0 bridgehead atoms. The van der Waals surface area contributed by atoms with Crippen molar-refractivity contribution < 1.29 is 0 Å². The molecule has 3 atom stereocenters. The van der Waals surface area contributed by atoms with Crippen LogP contribution in [0.1, 0.15) is 81.4 Å². The Morgan fingerprint density at radius 2 is 1.81 bits per heavy atom. The molecule has 31 heavy (non-hydrogen) atoms. The predicted octanol–water partition coefficient (Wildman–Crippen LogP) is 6.54. The van der Waals surface area contributed by atoms with Crippen molar-refractivity contribution in [2.45, 2.75) is 83.6 Å². The Balaban J connectivity index is 1.45. The van der Waals surface area contributed by atoms with E-state index in [9.17, 15) is 0 Å². The first-order chi connectivity index (χ1) is 15.1. The Hall–Kier alpha value is -1.80. The fraction of sp³-hybridized carbons (Fsp3) is 0.586. The molecule has 3 aliphatic rings. The van der Waals surface area contributed by atoms with E-state index < -0.39 is 0 Å². The molecule has 2 nitrogen and oxygen atoms in total. The molecule has 1 aliphatic heterocycles. The molecule has 0 radical (unpaired) electrons. The van der Waals surface area contributed by atoms with E-state index in [2.05, 4.69) is 67.1 Å². The van der Waals surface area contributed by atoms with Gasteiger partial charge in [-0.05, 0) is 99.1 Å². The summed E-state index contributed by atoms with van der Waals surface area (Å²) in [5.74, 6) is 1.01. The van der Waals surface area contributed by atoms with Crippen molar-refractivity contribution in [1.29, 1.82) is 0 Å². The van der Waals surface area contributed by atoms with Gasteiger partial charge in [0.25, 0.3) is 0 Å². The van der Waals surface area contributed by atoms with Crippen molar-refractivity contribution in [2.75, 3.05) is 19.6 Å². The van der Waals surface area contributed by atoms with Crippen molar-refractivity contribution in [1.82, 2.24) is 10.2 Å². The molecule has 1 aromatic carbocycles. The molecule has 3 unspecified atom stereocenters. The fourth-order valence-corrected chi connectivity index (χ4v) is 5.65. The van der Waals surface area contributed by atoms with E-state index in [0.29, 0.717) is 17.9 Å². The van der Waals surface area contributed by atoms with Crippen molar-refractivity contribution in [2.24, 2.45) is 5.92 Å². The summed E-state index contributed by atoms with van der Waals surface area (Å²) in [4.78, 5) is 2.65. The third kappa shape index (κ3) is 5.92. The monoisotopic (exact) mass is 418 g/mol. The summed E-state index contributed by atoms with van der Waals surface area (Å²) in [6.45, 7) is 12.8. The minimum absolute atomic E-state index is 0.412. The Morgan fingerprint density at radius 1 is 1.03 bits per heavy atom. The molecule has 0 spiro atoms. The fourth-order valence-electron chi connectivity index (χ4n) is 5.65. The number of allylic oxidation sites excluding steroid dienone is 5. The van der Waals surface area contributed by atoms with E-state index in [1.165, 1.54) is 81.3 Å². The second-order valence-corrected chi connectivity index (χ2v) is 10.2. The van der Waals surface area contributed by atoms with Gasteiger partial charge in [0, 0.05) is 24.2 Å². The molecule has 0 amide bonds. The molecule has 1 heterocycles. The first kappa shape index (κ1) is 22.4. The van der Waals surface area contributed by atoms with Crippen LogP contribution in [-0.4, -0.2) is 30.6 Å². The number of hydrogen-bond acceptors (Lipinski definition) is 2. The van der Waals surface area contributed by atoms with Gasteiger partial charge >= 0.3 is 0 Å². The lowest BCUT2D eigenvalue weighted by molar-refractivity contribution is 0.279. The topological polar surface area (TPSA) is 15.3 Å². The third-order valence-electron chi connectivity index (χ3n) is 7.69. The van der Waals surface area contributed by atoms with Crippen molar-refractivity contribution in [3.63, 3.8) is 0 Å². The Kier molecular flexibility index (Phi) is 7.72. The Labute approximate surface area is 190 Å². The zero-order chi connectivity index (χ0) is 21.6. The molecule has 1 fully saturated rings. The lowest BCUT2D eigenvalue weighted by Gasteiger charge is -2.32. The molecule has 1 N–H and O–H groups in total. The number of hydrogen-bond donors (Lipinski definition) is 1. The van der Waals surface area contributed by atoms with E-state index in [4.69, 9.17) is 0 Å². The number of aryl methyl sites for hydroxylation is 2. The van der Waals surface area contributed by atoms with Crippen LogP contribution in [0.15, 0.2) is 54.3 Å². The predicted molar refractivity (Wildman–Crippen MR) is 133 cm³/mol. The van der Waals surface area contributed by atoms with Gasteiger partial charge in [0.1, 0.15) is 0 Å². The first-order valence-corrected chi connectivity index (χ1v) is 12.7. The number of nitrogens with one attached hydrogen (secondary N) is 1. The van der Waals surface area contributed by atoms with Gasteiger partial charge in [-0.25, -0.2) is 0 Å². The number of rotatable bonds is 9. The average Bonchev–Trinajstić information content (AvgIpc) is 3.31. The maximum absolute atomic E-state index is 4.47. The second kappa shape index (κ2) is 10.7. The van der Waals surface area contributed by atoms with Crippen LogP contribution in [0.3, 0.4) is 0 Å². The molecule has 0 aromatic heterocycles. The maximum Gasteiger partial charge on any atom is 0.0451 e.